The fourth-order valence-electron chi connectivity index (χ4n) is 0.620. The Morgan fingerprint density at radius 2 is 1.08 bits per heavy atom. The van der Waals surface area contributed by atoms with Gasteiger partial charge in [0.05, 0.1) is 0 Å². The van der Waals surface area contributed by atoms with Crippen molar-refractivity contribution in [1.29, 1.82) is 0 Å². The van der Waals surface area contributed by atoms with Crippen LogP contribution >= 0.6 is 0 Å². The van der Waals surface area contributed by atoms with Gasteiger partial charge in [-0.05, 0) is 38.8 Å². The van der Waals surface area contributed by atoms with Crippen molar-refractivity contribution in [1.82, 2.24) is 0 Å². The topological polar surface area (TPSA) is 34.1 Å². The molecular formula is C10H14O2. The zero-order valence-electron chi connectivity index (χ0n) is 7.97. The molecule has 2 heteroatoms. The van der Waals surface area contributed by atoms with Crippen LogP contribution in [-0.4, -0.2) is 11.6 Å². The Morgan fingerprint density at radius 1 is 0.833 bits per heavy atom. The molecule has 0 heterocycles. The van der Waals surface area contributed by atoms with E-state index in [2.05, 4.69) is 0 Å². The van der Waals surface area contributed by atoms with Crippen LogP contribution in [0.25, 0.3) is 0 Å². The molecule has 0 aromatic carbocycles. The van der Waals surface area contributed by atoms with Gasteiger partial charge in [-0.15, -0.1) is 0 Å². The number of carbonyl (C=O) groups excluding carboxylic acids is 2. The van der Waals surface area contributed by atoms with Gasteiger partial charge < -0.3 is 0 Å². The van der Waals surface area contributed by atoms with E-state index in [-0.39, 0.29) is 0 Å². The molecule has 0 bridgehead atoms. The van der Waals surface area contributed by atoms with Crippen LogP contribution in [0.5, 0.6) is 0 Å². The first-order valence-corrected chi connectivity index (χ1v) is 3.89. The molecule has 0 aliphatic heterocycles. The van der Waals surface area contributed by atoms with E-state index in [1.165, 1.54) is 0 Å². The van der Waals surface area contributed by atoms with Crippen molar-refractivity contribution in [3.63, 3.8) is 0 Å². The Balaban J connectivity index is 4.64. The summed E-state index contributed by atoms with van der Waals surface area (Å²) in [5.74, 6) is -0.818. The normalized spacial score (nSPS) is 13.0. The molecule has 0 atom stereocenters. The Morgan fingerprint density at radius 3 is 1.25 bits per heavy atom. The predicted octanol–water partition coefficient (Wildman–Crippen LogP) is 2.06. The number of allylic oxidation sites excluding steroid dienone is 4. The SMILES string of the molecule is CC=C(C)C(=O)C(=O)C(C)=CC. The second-order valence-corrected chi connectivity index (χ2v) is 2.60. The summed E-state index contributed by atoms with van der Waals surface area (Å²) in [7, 11) is 0. The zero-order chi connectivity index (χ0) is 9.72. The standard InChI is InChI=1S/C10H14O2/c1-5-7(3)9(11)10(12)8(4)6-2/h5-6H,1-4H3. The molecule has 0 aromatic heterocycles. The van der Waals surface area contributed by atoms with Crippen LogP contribution in [0.4, 0.5) is 0 Å². The molecule has 12 heavy (non-hydrogen) atoms. The highest BCUT2D eigenvalue weighted by atomic mass is 16.2. The molecule has 0 aliphatic rings. The first-order chi connectivity index (χ1) is 5.54. The molecular weight excluding hydrogens is 152 g/mol. The van der Waals surface area contributed by atoms with Crippen molar-refractivity contribution in [2.45, 2.75) is 27.7 Å². The maximum atomic E-state index is 11.2. The highest BCUT2D eigenvalue weighted by Gasteiger charge is 2.15. The fraction of sp³-hybridized carbons (Fsp3) is 0.400. The minimum atomic E-state index is -0.409. The minimum absolute atomic E-state index is 0.409. The molecule has 2 nitrogen and oxygen atoms in total. The first kappa shape index (κ1) is 10.8. The number of carbonyl (C=O) groups is 2. The summed E-state index contributed by atoms with van der Waals surface area (Å²) < 4.78 is 0. The second kappa shape index (κ2) is 4.65. The lowest BCUT2D eigenvalue weighted by atomic mass is 10.0. The Hall–Kier alpha value is -1.18. The molecule has 0 saturated heterocycles. The number of Topliss-reactive ketones (excluding diaryl/α,β-unsaturated/α-hetero) is 2. The number of hydrogen-bond donors (Lipinski definition) is 0. The number of rotatable bonds is 3. The first-order valence-electron chi connectivity index (χ1n) is 3.89. The van der Waals surface area contributed by atoms with Crippen LogP contribution in [0.1, 0.15) is 27.7 Å². The molecule has 0 saturated carbocycles. The van der Waals surface area contributed by atoms with Crippen LogP contribution in [-0.2, 0) is 9.59 Å². The van der Waals surface area contributed by atoms with Gasteiger partial charge in [0.25, 0.3) is 0 Å². The van der Waals surface area contributed by atoms with E-state index in [4.69, 9.17) is 0 Å². The van der Waals surface area contributed by atoms with Crippen LogP contribution in [0.2, 0.25) is 0 Å². The van der Waals surface area contributed by atoms with Crippen molar-refractivity contribution in [3.05, 3.63) is 23.3 Å². The lowest BCUT2D eigenvalue weighted by molar-refractivity contribution is -0.132. The maximum absolute atomic E-state index is 11.2. The lowest BCUT2D eigenvalue weighted by Crippen LogP contribution is -2.15. The molecule has 0 rings (SSSR count). The van der Waals surface area contributed by atoms with Crippen molar-refractivity contribution in [3.8, 4) is 0 Å². The van der Waals surface area contributed by atoms with Gasteiger partial charge >= 0.3 is 0 Å². The average Bonchev–Trinajstić information content (AvgIpc) is 2.12. The minimum Gasteiger partial charge on any atom is -0.285 e. The highest BCUT2D eigenvalue weighted by molar-refractivity contribution is 6.48. The Labute approximate surface area is 73.0 Å². The zero-order valence-corrected chi connectivity index (χ0v) is 7.97. The van der Waals surface area contributed by atoms with E-state index >= 15 is 0 Å². The van der Waals surface area contributed by atoms with Gasteiger partial charge in [-0.25, -0.2) is 0 Å². The van der Waals surface area contributed by atoms with Gasteiger partial charge in [-0.3, -0.25) is 9.59 Å². The largest absolute Gasteiger partial charge is 0.285 e. The molecule has 0 radical (unpaired) electrons. The number of hydrogen-bond acceptors (Lipinski definition) is 2. The highest BCUT2D eigenvalue weighted by Crippen LogP contribution is 2.02. The molecule has 0 amide bonds. The van der Waals surface area contributed by atoms with Crippen molar-refractivity contribution >= 4 is 11.6 Å². The van der Waals surface area contributed by atoms with Crippen molar-refractivity contribution in [2.24, 2.45) is 0 Å². The van der Waals surface area contributed by atoms with E-state index in [0.29, 0.717) is 11.1 Å². The van der Waals surface area contributed by atoms with Gasteiger partial charge in [0, 0.05) is 0 Å². The molecule has 0 aromatic rings. The van der Waals surface area contributed by atoms with Crippen molar-refractivity contribution in [2.75, 3.05) is 0 Å². The van der Waals surface area contributed by atoms with Crippen LogP contribution in [0.15, 0.2) is 23.3 Å². The van der Waals surface area contributed by atoms with Crippen LogP contribution < -0.4 is 0 Å². The third-order valence-electron chi connectivity index (χ3n) is 1.79. The van der Waals surface area contributed by atoms with Gasteiger partial charge in [-0.1, -0.05) is 12.2 Å². The van der Waals surface area contributed by atoms with Gasteiger partial charge in [0.1, 0.15) is 0 Å². The predicted molar refractivity (Wildman–Crippen MR) is 48.9 cm³/mol. The maximum Gasteiger partial charge on any atom is 0.228 e. The summed E-state index contributed by atoms with van der Waals surface area (Å²) in [6.07, 6.45) is 3.28. The molecule has 0 aliphatic carbocycles. The van der Waals surface area contributed by atoms with Crippen molar-refractivity contribution < 1.29 is 9.59 Å². The van der Waals surface area contributed by atoms with Crippen LogP contribution in [0, 0.1) is 0 Å². The summed E-state index contributed by atoms with van der Waals surface area (Å²) in [5.41, 5.74) is 1.00. The summed E-state index contributed by atoms with van der Waals surface area (Å²) in [6.45, 7) is 6.77. The third kappa shape index (κ3) is 2.46. The Kier molecular flexibility index (Phi) is 4.19. The van der Waals surface area contributed by atoms with E-state index < -0.39 is 11.6 Å². The van der Waals surface area contributed by atoms with E-state index in [1.807, 2.05) is 0 Å². The summed E-state index contributed by atoms with van der Waals surface area (Å²) in [5, 5.41) is 0. The quantitative estimate of drug-likeness (QED) is 0.475. The van der Waals surface area contributed by atoms with Crippen LogP contribution in [0.3, 0.4) is 0 Å². The summed E-state index contributed by atoms with van der Waals surface area (Å²) in [6, 6.07) is 0. The molecule has 0 unspecified atom stereocenters. The molecule has 0 N–H and O–H groups in total. The van der Waals surface area contributed by atoms with E-state index in [0.717, 1.165) is 0 Å². The second-order valence-electron chi connectivity index (χ2n) is 2.60. The fourth-order valence-corrected chi connectivity index (χ4v) is 0.620. The molecule has 66 valence electrons. The van der Waals surface area contributed by atoms with Gasteiger partial charge in [0.15, 0.2) is 0 Å². The van der Waals surface area contributed by atoms with Gasteiger partial charge in [0.2, 0.25) is 11.6 Å². The van der Waals surface area contributed by atoms with Gasteiger partial charge in [-0.2, -0.15) is 0 Å². The van der Waals surface area contributed by atoms with E-state index in [9.17, 15) is 9.59 Å². The summed E-state index contributed by atoms with van der Waals surface area (Å²) in [4.78, 5) is 22.4. The smallest absolute Gasteiger partial charge is 0.228 e. The summed E-state index contributed by atoms with van der Waals surface area (Å²) >= 11 is 0. The Bertz CT molecular complexity index is 229. The molecule has 0 fully saturated rings. The number of ketones is 2. The third-order valence-corrected chi connectivity index (χ3v) is 1.79. The van der Waals surface area contributed by atoms with E-state index in [1.54, 1.807) is 39.8 Å². The monoisotopic (exact) mass is 166 g/mol. The lowest BCUT2D eigenvalue weighted by Gasteiger charge is -1.98. The molecule has 0 spiro atoms. The average molecular weight is 166 g/mol.